The van der Waals surface area contributed by atoms with Crippen LogP contribution in [0.15, 0.2) is 24.3 Å². The summed E-state index contributed by atoms with van der Waals surface area (Å²) in [7, 11) is 0. The van der Waals surface area contributed by atoms with E-state index in [9.17, 15) is 4.79 Å². The summed E-state index contributed by atoms with van der Waals surface area (Å²) >= 11 is 0. The van der Waals surface area contributed by atoms with E-state index in [0.29, 0.717) is 6.61 Å². The average Bonchev–Trinajstić information content (AvgIpc) is 2.56. The van der Waals surface area contributed by atoms with Gasteiger partial charge in [0, 0.05) is 0 Å². The molecule has 0 radical (unpaired) electrons. The molecule has 14 heavy (non-hydrogen) atoms. The van der Waals surface area contributed by atoms with Gasteiger partial charge in [0.05, 0.1) is 6.04 Å². The second kappa shape index (κ2) is 3.70. The molecule has 1 saturated heterocycles. The summed E-state index contributed by atoms with van der Waals surface area (Å²) < 4.78 is 4.81. The molecule has 74 valence electrons. The van der Waals surface area contributed by atoms with Crippen LogP contribution in [0.1, 0.15) is 11.1 Å². The first kappa shape index (κ1) is 9.06. The minimum Gasteiger partial charge on any atom is -0.447 e. The lowest BCUT2D eigenvalue weighted by Gasteiger charge is -2.06. The molecule has 0 bridgehead atoms. The third-order valence-corrected chi connectivity index (χ3v) is 2.34. The van der Waals surface area contributed by atoms with Crippen LogP contribution in [0.25, 0.3) is 0 Å². The molecule has 1 aromatic carbocycles. The minimum absolute atomic E-state index is 0.130. The van der Waals surface area contributed by atoms with Crippen molar-refractivity contribution in [2.75, 3.05) is 6.61 Å². The monoisotopic (exact) mass is 191 g/mol. The van der Waals surface area contributed by atoms with Crippen molar-refractivity contribution in [3.05, 3.63) is 35.4 Å². The molecule has 1 amide bonds. The van der Waals surface area contributed by atoms with Gasteiger partial charge >= 0.3 is 6.09 Å². The maximum absolute atomic E-state index is 10.8. The first-order valence-corrected chi connectivity index (χ1v) is 4.73. The summed E-state index contributed by atoms with van der Waals surface area (Å²) in [6.45, 7) is 2.54. The van der Waals surface area contributed by atoms with E-state index in [4.69, 9.17) is 4.74 Å². The number of rotatable bonds is 2. The van der Waals surface area contributed by atoms with Crippen LogP contribution >= 0.6 is 0 Å². The molecule has 1 atom stereocenters. The van der Waals surface area contributed by atoms with Crippen LogP contribution in [0.2, 0.25) is 0 Å². The molecular weight excluding hydrogens is 178 g/mol. The second-order valence-electron chi connectivity index (χ2n) is 3.63. The van der Waals surface area contributed by atoms with Crippen molar-refractivity contribution in [2.45, 2.75) is 19.4 Å². The number of aryl methyl sites for hydroxylation is 1. The van der Waals surface area contributed by atoms with Gasteiger partial charge in [-0.1, -0.05) is 29.8 Å². The van der Waals surface area contributed by atoms with Crippen LogP contribution in [0, 0.1) is 6.92 Å². The Labute approximate surface area is 83.1 Å². The molecule has 0 saturated carbocycles. The van der Waals surface area contributed by atoms with E-state index in [0.717, 1.165) is 6.42 Å². The zero-order valence-electron chi connectivity index (χ0n) is 8.12. The average molecular weight is 191 g/mol. The van der Waals surface area contributed by atoms with Gasteiger partial charge in [-0.2, -0.15) is 0 Å². The lowest BCUT2D eigenvalue weighted by molar-refractivity contribution is 0.177. The van der Waals surface area contributed by atoms with Gasteiger partial charge in [0.1, 0.15) is 6.61 Å². The Balaban J connectivity index is 1.97. The molecular formula is C11H13NO2. The van der Waals surface area contributed by atoms with E-state index in [-0.39, 0.29) is 12.1 Å². The van der Waals surface area contributed by atoms with Gasteiger partial charge < -0.3 is 10.1 Å². The van der Waals surface area contributed by atoms with E-state index in [2.05, 4.69) is 36.5 Å². The Hall–Kier alpha value is -1.51. The van der Waals surface area contributed by atoms with Gasteiger partial charge in [-0.15, -0.1) is 0 Å². The second-order valence-corrected chi connectivity index (χ2v) is 3.63. The smallest absolute Gasteiger partial charge is 0.407 e. The van der Waals surface area contributed by atoms with Gasteiger partial charge in [-0.05, 0) is 18.9 Å². The van der Waals surface area contributed by atoms with Crippen LogP contribution in [-0.4, -0.2) is 18.7 Å². The molecule has 1 aliphatic heterocycles. The van der Waals surface area contributed by atoms with E-state index < -0.39 is 0 Å². The molecule has 3 nitrogen and oxygen atoms in total. The maximum atomic E-state index is 10.8. The van der Waals surface area contributed by atoms with Crippen molar-refractivity contribution in [1.82, 2.24) is 5.32 Å². The first-order chi connectivity index (χ1) is 6.74. The van der Waals surface area contributed by atoms with Gasteiger partial charge in [0.2, 0.25) is 0 Å². The van der Waals surface area contributed by atoms with Crippen LogP contribution in [0.5, 0.6) is 0 Å². The molecule has 1 aliphatic rings. The molecule has 1 N–H and O–H groups in total. The number of amides is 1. The van der Waals surface area contributed by atoms with E-state index in [1.54, 1.807) is 0 Å². The standard InChI is InChI=1S/C11H13NO2/c1-8-2-4-9(5-3-8)6-10-7-14-11(13)12-10/h2-5,10H,6-7H2,1H3,(H,12,13)/t10-/m0/s1. The summed E-state index contributed by atoms with van der Waals surface area (Å²) in [6, 6.07) is 8.45. The Morgan fingerprint density at radius 2 is 2.14 bits per heavy atom. The zero-order chi connectivity index (χ0) is 9.97. The van der Waals surface area contributed by atoms with Crippen molar-refractivity contribution in [3.63, 3.8) is 0 Å². The summed E-state index contributed by atoms with van der Waals surface area (Å²) in [5.74, 6) is 0. The molecule has 0 unspecified atom stereocenters. The molecule has 3 heteroatoms. The van der Waals surface area contributed by atoms with Crippen LogP contribution in [0.4, 0.5) is 4.79 Å². The minimum atomic E-state index is -0.304. The van der Waals surface area contributed by atoms with Crippen LogP contribution in [0.3, 0.4) is 0 Å². The number of carbonyl (C=O) groups is 1. The van der Waals surface area contributed by atoms with Crippen molar-refractivity contribution in [2.24, 2.45) is 0 Å². The number of alkyl carbamates (subject to hydrolysis) is 1. The molecule has 0 aliphatic carbocycles. The number of hydrogen-bond donors (Lipinski definition) is 1. The van der Waals surface area contributed by atoms with Crippen molar-refractivity contribution in [1.29, 1.82) is 0 Å². The summed E-state index contributed by atoms with van der Waals surface area (Å²) in [5.41, 5.74) is 2.48. The van der Waals surface area contributed by atoms with Gasteiger partial charge in [-0.25, -0.2) is 4.79 Å². The number of hydrogen-bond acceptors (Lipinski definition) is 2. The predicted molar refractivity (Wildman–Crippen MR) is 53.2 cm³/mol. The number of ether oxygens (including phenoxy) is 1. The number of benzene rings is 1. The quantitative estimate of drug-likeness (QED) is 0.771. The fourth-order valence-corrected chi connectivity index (χ4v) is 1.54. The fraction of sp³-hybridized carbons (Fsp3) is 0.364. The Morgan fingerprint density at radius 1 is 1.43 bits per heavy atom. The molecule has 1 heterocycles. The highest BCUT2D eigenvalue weighted by atomic mass is 16.6. The highest BCUT2D eigenvalue weighted by Crippen LogP contribution is 2.09. The Kier molecular flexibility index (Phi) is 2.39. The third kappa shape index (κ3) is 2.05. The third-order valence-electron chi connectivity index (χ3n) is 2.34. The molecule has 2 rings (SSSR count). The topological polar surface area (TPSA) is 38.3 Å². The predicted octanol–water partition coefficient (Wildman–Crippen LogP) is 1.65. The molecule has 0 aromatic heterocycles. The zero-order valence-corrected chi connectivity index (χ0v) is 8.12. The van der Waals surface area contributed by atoms with Crippen molar-refractivity contribution < 1.29 is 9.53 Å². The van der Waals surface area contributed by atoms with E-state index >= 15 is 0 Å². The van der Waals surface area contributed by atoms with Crippen LogP contribution < -0.4 is 5.32 Å². The lowest BCUT2D eigenvalue weighted by Crippen LogP contribution is -2.28. The van der Waals surface area contributed by atoms with Gasteiger partial charge in [-0.3, -0.25) is 0 Å². The van der Waals surface area contributed by atoms with E-state index in [1.807, 2.05) is 0 Å². The largest absolute Gasteiger partial charge is 0.447 e. The number of nitrogens with one attached hydrogen (secondary N) is 1. The lowest BCUT2D eigenvalue weighted by atomic mass is 10.1. The number of carbonyl (C=O) groups excluding carboxylic acids is 1. The van der Waals surface area contributed by atoms with Gasteiger partial charge in [0.15, 0.2) is 0 Å². The molecule has 0 spiro atoms. The summed E-state index contributed by atoms with van der Waals surface area (Å²) in [5, 5.41) is 2.76. The maximum Gasteiger partial charge on any atom is 0.407 e. The van der Waals surface area contributed by atoms with Crippen molar-refractivity contribution in [3.8, 4) is 0 Å². The highest BCUT2D eigenvalue weighted by molar-refractivity contribution is 5.69. The summed E-state index contributed by atoms with van der Waals surface area (Å²) in [4.78, 5) is 10.8. The van der Waals surface area contributed by atoms with Crippen molar-refractivity contribution >= 4 is 6.09 Å². The highest BCUT2D eigenvalue weighted by Gasteiger charge is 2.21. The van der Waals surface area contributed by atoms with Crippen LogP contribution in [-0.2, 0) is 11.2 Å². The normalized spacial score (nSPS) is 20.4. The fourth-order valence-electron chi connectivity index (χ4n) is 1.54. The first-order valence-electron chi connectivity index (χ1n) is 4.73. The Morgan fingerprint density at radius 3 is 2.71 bits per heavy atom. The molecule has 1 fully saturated rings. The van der Waals surface area contributed by atoms with E-state index in [1.165, 1.54) is 11.1 Å². The molecule has 1 aromatic rings. The number of cyclic esters (lactones) is 1. The Bertz CT molecular complexity index is 332. The van der Waals surface area contributed by atoms with Gasteiger partial charge in [0.25, 0.3) is 0 Å². The summed E-state index contributed by atoms with van der Waals surface area (Å²) in [6.07, 6.45) is 0.536. The SMILES string of the molecule is Cc1ccc(C[C@H]2COC(=O)N2)cc1.